The van der Waals surface area contributed by atoms with E-state index in [0.717, 1.165) is 59.4 Å². The zero-order valence-electron chi connectivity index (χ0n) is 37.0. The lowest BCUT2D eigenvalue weighted by Crippen LogP contribution is -2.58. The van der Waals surface area contributed by atoms with Crippen LogP contribution in [0.3, 0.4) is 0 Å². The number of rotatable bonds is 11. The van der Waals surface area contributed by atoms with Gasteiger partial charge in [0.05, 0.1) is 33.9 Å². The number of aromatic nitrogens is 4. The van der Waals surface area contributed by atoms with Gasteiger partial charge in [-0.15, -0.1) is 32.9 Å². The summed E-state index contributed by atoms with van der Waals surface area (Å²) in [4.78, 5) is 53.9. The minimum atomic E-state index is -1.17. The molecule has 0 aliphatic carbocycles. The zero-order valence-corrected chi connectivity index (χ0v) is 38.7. The number of nitrogens with one attached hydrogen (secondary N) is 2. The third kappa shape index (κ3) is 8.87. The number of likely N-dealkylation sites (tertiary alicyclic amines) is 1. The molecule has 1 saturated heterocycles. The smallest absolute Gasteiger partial charge is 0.258 e. The van der Waals surface area contributed by atoms with Gasteiger partial charge in [0, 0.05) is 29.0 Å². The van der Waals surface area contributed by atoms with Crippen molar-refractivity contribution in [1.82, 2.24) is 35.3 Å². The van der Waals surface area contributed by atoms with Crippen LogP contribution in [0.5, 0.6) is 5.75 Å². The lowest BCUT2D eigenvalue weighted by molar-refractivity contribution is -0.144. The first-order valence-corrected chi connectivity index (χ1v) is 22.9. The van der Waals surface area contributed by atoms with E-state index in [4.69, 9.17) is 9.73 Å². The quantitative estimate of drug-likeness (QED) is 0.107. The van der Waals surface area contributed by atoms with Crippen LogP contribution in [0.1, 0.15) is 90.9 Å². The summed E-state index contributed by atoms with van der Waals surface area (Å²) in [6, 6.07) is 21.0. The molecule has 2 aliphatic rings. The van der Waals surface area contributed by atoms with E-state index in [1.165, 1.54) is 4.90 Å². The molecule has 5 heterocycles. The third-order valence-corrected chi connectivity index (χ3v) is 14.1. The van der Waals surface area contributed by atoms with Gasteiger partial charge in [-0.1, -0.05) is 81.4 Å². The number of β-amino-alcohol motifs (C(OH)–C–C–N with tert-alkyl or cyclic N) is 1. The second kappa shape index (κ2) is 17.8. The average Bonchev–Trinajstić information content (AvgIpc) is 4.04. The number of aliphatic imine (C=N–C) groups is 1. The number of aryl methyl sites for hydroxylation is 3. The summed E-state index contributed by atoms with van der Waals surface area (Å²) in [5.41, 5.74) is 9.46. The van der Waals surface area contributed by atoms with E-state index in [1.807, 2.05) is 112 Å². The van der Waals surface area contributed by atoms with E-state index in [-0.39, 0.29) is 31.5 Å². The Balaban J connectivity index is 0.887. The number of ether oxygens (including phenoxy) is 1. The number of aliphatic hydroxyl groups is 2. The molecule has 0 spiro atoms. The monoisotopic (exact) mass is 900 g/mol. The van der Waals surface area contributed by atoms with Crippen LogP contribution in [-0.4, -0.2) is 89.6 Å². The normalized spacial score (nSPS) is 18.1. The number of aliphatic hydroxyl groups excluding tert-OH is 2. The van der Waals surface area contributed by atoms with Crippen molar-refractivity contribution in [2.24, 2.45) is 10.4 Å². The number of amides is 3. The Morgan fingerprint density at radius 1 is 0.875 bits per heavy atom. The Morgan fingerprint density at radius 3 is 2.16 bits per heavy atom. The Morgan fingerprint density at radius 2 is 1.52 bits per heavy atom. The van der Waals surface area contributed by atoms with Gasteiger partial charge in [0.15, 0.2) is 12.4 Å². The van der Waals surface area contributed by atoms with Gasteiger partial charge in [0.2, 0.25) is 18.0 Å². The summed E-state index contributed by atoms with van der Waals surface area (Å²) in [5, 5.41) is 37.0. The van der Waals surface area contributed by atoms with Crippen LogP contribution in [0, 0.1) is 33.1 Å². The molecule has 2 unspecified atom stereocenters. The van der Waals surface area contributed by atoms with Gasteiger partial charge in [0.25, 0.3) is 5.91 Å². The van der Waals surface area contributed by atoms with E-state index in [2.05, 4.69) is 39.7 Å². The molecule has 2 aliphatic heterocycles. The topological polar surface area (TPSA) is 184 Å². The molecule has 4 N–H and O–H groups in total. The van der Waals surface area contributed by atoms with Gasteiger partial charge in [-0.05, 0) is 80.0 Å². The molecule has 14 nitrogen and oxygen atoms in total. The number of nitrogens with zero attached hydrogens (tertiary/aromatic N) is 6. The number of carbonyl (C=O) groups excluding carboxylic acids is 3. The molecule has 3 aromatic heterocycles. The standard InChI is InChI=1S/C48H52N8O6S2/c1-25-28(4)64-47-39(25)40(52-45(60)43-54-53-29(5)56(43)47)33-13-11-31(12-14-33)32-17-19-36(20-18-32)62-23-38(58)51-42(48(6,7)8)46(61)55-22-35(57)21-37(55)44(59)50-26(2)30-9-15-34(16-10-30)41-27(3)49-24-63-41/h9-20,24,26,35,37,42,45,57,60H,21-23H2,1-8H3,(H,50,59)(H,51,58)/t26-,35+,37-,42?,45?/m0/s1. The van der Waals surface area contributed by atoms with Crippen LogP contribution in [0.2, 0.25) is 0 Å². The Hall–Kier alpha value is -6.07. The number of thiazole rings is 1. The van der Waals surface area contributed by atoms with Gasteiger partial charge >= 0.3 is 0 Å². The number of benzene rings is 3. The minimum Gasteiger partial charge on any atom is -0.484 e. The highest BCUT2D eigenvalue weighted by molar-refractivity contribution is 7.15. The summed E-state index contributed by atoms with van der Waals surface area (Å²) in [6.45, 7) is 15.0. The molecule has 0 bridgehead atoms. The van der Waals surface area contributed by atoms with E-state index in [0.29, 0.717) is 23.1 Å². The van der Waals surface area contributed by atoms with Crippen LogP contribution in [0.25, 0.3) is 26.6 Å². The van der Waals surface area contributed by atoms with Gasteiger partial charge in [-0.3, -0.25) is 19.0 Å². The van der Waals surface area contributed by atoms with Crippen LogP contribution in [0.4, 0.5) is 0 Å². The highest BCUT2D eigenvalue weighted by Gasteiger charge is 2.45. The third-order valence-electron chi connectivity index (χ3n) is 11.9. The molecule has 3 amide bonds. The zero-order chi connectivity index (χ0) is 45.6. The van der Waals surface area contributed by atoms with Crippen molar-refractivity contribution in [1.29, 1.82) is 0 Å². The van der Waals surface area contributed by atoms with Crippen molar-refractivity contribution in [2.75, 3.05) is 13.2 Å². The largest absolute Gasteiger partial charge is 0.484 e. The molecular formula is C48H52N8O6S2. The van der Waals surface area contributed by atoms with Crippen LogP contribution in [-0.2, 0) is 14.4 Å². The molecule has 1 fully saturated rings. The Kier molecular flexibility index (Phi) is 12.4. The SMILES string of the molecule is Cc1ncsc1-c1ccc([C@H](C)NC(=O)[C@@H]2C[C@@H](O)CN2C(=O)C(NC(=O)COc2ccc(-c3ccc(C4=NC(O)c5nnc(C)n5-c5sc(C)c(C)c54)cc3)cc2)C(C)(C)C)cc1. The van der Waals surface area contributed by atoms with Crippen molar-refractivity contribution in [3.8, 4) is 32.3 Å². The van der Waals surface area contributed by atoms with Crippen LogP contribution in [0.15, 0.2) is 83.3 Å². The number of hydrogen-bond acceptors (Lipinski definition) is 12. The summed E-state index contributed by atoms with van der Waals surface area (Å²) < 4.78 is 7.76. The van der Waals surface area contributed by atoms with Gasteiger partial charge in [0.1, 0.15) is 28.7 Å². The molecule has 64 heavy (non-hydrogen) atoms. The molecule has 332 valence electrons. The molecule has 0 saturated carbocycles. The lowest BCUT2D eigenvalue weighted by atomic mass is 9.85. The van der Waals surface area contributed by atoms with Crippen LogP contribution >= 0.6 is 22.7 Å². The van der Waals surface area contributed by atoms with Crippen molar-refractivity contribution < 1.29 is 29.3 Å². The van der Waals surface area contributed by atoms with Crippen molar-refractivity contribution >= 4 is 46.1 Å². The van der Waals surface area contributed by atoms with E-state index in [1.54, 1.807) is 34.8 Å². The predicted molar refractivity (Wildman–Crippen MR) is 248 cm³/mol. The maximum atomic E-state index is 14.2. The fourth-order valence-electron chi connectivity index (χ4n) is 8.24. The average molecular weight is 901 g/mol. The molecule has 3 aromatic carbocycles. The minimum absolute atomic E-state index is 0.0284. The van der Waals surface area contributed by atoms with Crippen LogP contribution < -0.4 is 15.4 Å². The summed E-state index contributed by atoms with van der Waals surface area (Å²) >= 11 is 3.20. The highest BCUT2D eigenvalue weighted by Crippen LogP contribution is 2.39. The summed E-state index contributed by atoms with van der Waals surface area (Å²) in [6.07, 6.45) is -1.97. The number of carbonyl (C=O) groups is 3. The van der Waals surface area contributed by atoms with Crippen molar-refractivity contribution in [3.63, 3.8) is 0 Å². The number of fused-ring (bicyclic) bond motifs is 3. The molecular weight excluding hydrogens is 849 g/mol. The van der Waals surface area contributed by atoms with E-state index in [9.17, 15) is 24.6 Å². The van der Waals surface area contributed by atoms with Crippen molar-refractivity contribution in [3.05, 3.63) is 123 Å². The molecule has 16 heteroatoms. The fourth-order valence-corrected chi connectivity index (χ4v) is 10.3. The molecule has 6 aromatic rings. The molecule has 5 atom stereocenters. The maximum Gasteiger partial charge on any atom is 0.258 e. The van der Waals surface area contributed by atoms with Crippen molar-refractivity contribution in [2.45, 2.75) is 92.3 Å². The van der Waals surface area contributed by atoms with Gasteiger partial charge < -0.3 is 30.5 Å². The van der Waals surface area contributed by atoms with Gasteiger partial charge in [-0.2, -0.15) is 0 Å². The second-order valence-electron chi connectivity index (χ2n) is 17.5. The number of hydrogen-bond donors (Lipinski definition) is 4. The molecule has 8 rings (SSSR count). The first-order chi connectivity index (χ1) is 30.5. The first-order valence-electron chi connectivity index (χ1n) is 21.2. The fraction of sp³-hybridized carbons (Fsp3) is 0.354. The predicted octanol–water partition coefficient (Wildman–Crippen LogP) is 6.94. The van der Waals surface area contributed by atoms with E-state index >= 15 is 0 Å². The lowest BCUT2D eigenvalue weighted by Gasteiger charge is -2.35. The number of thiophene rings is 1. The summed E-state index contributed by atoms with van der Waals surface area (Å²) in [5.74, 6) is 0.212. The van der Waals surface area contributed by atoms with E-state index < -0.39 is 41.6 Å². The summed E-state index contributed by atoms with van der Waals surface area (Å²) in [7, 11) is 0. The second-order valence-corrected chi connectivity index (χ2v) is 19.6. The first kappa shape index (κ1) is 44.5. The Labute approximate surface area is 380 Å². The molecule has 0 radical (unpaired) electrons. The Bertz CT molecular complexity index is 2730. The van der Waals surface area contributed by atoms with Gasteiger partial charge in [-0.25, -0.2) is 9.98 Å². The maximum absolute atomic E-state index is 14.2. The highest BCUT2D eigenvalue weighted by atomic mass is 32.1.